The predicted molar refractivity (Wildman–Crippen MR) is 86.5 cm³/mol. The molecule has 3 rings (SSSR count). The molecule has 0 saturated carbocycles. The van der Waals surface area contributed by atoms with Crippen molar-refractivity contribution >= 4 is 5.97 Å². The Hall–Kier alpha value is -3.22. The third kappa shape index (κ3) is 3.65. The zero-order chi connectivity index (χ0) is 17.8. The molecule has 1 heterocycles. The summed E-state index contributed by atoms with van der Waals surface area (Å²) in [5, 5.41) is 7.84. The lowest BCUT2D eigenvalue weighted by Gasteiger charge is -2.10. The van der Waals surface area contributed by atoms with Gasteiger partial charge in [-0.1, -0.05) is 18.2 Å². The minimum absolute atomic E-state index is 0.0500. The van der Waals surface area contributed by atoms with E-state index >= 15 is 0 Å². The van der Waals surface area contributed by atoms with Crippen LogP contribution in [0.1, 0.15) is 29.3 Å². The summed E-state index contributed by atoms with van der Waals surface area (Å²) in [5.74, 6) is -0.813. The zero-order valence-corrected chi connectivity index (χ0v) is 13.6. The quantitative estimate of drug-likeness (QED) is 0.657. The third-order valence-electron chi connectivity index (χ3n) is 3.48. The van der Waals surface area contributed by atoms with Crippen LogP contribution >= 0.6 is 0 Å². The van der Waals surface area contributed by atoms with Gasteiger partial charge in [0.1, 0.15) is 0 Å². The molecule has 0 N–H and O–H groups in total. The van der Waals surface area contributed by atoms with E-state index in [1.165, 1.54) is 19.2 Å². The molecule has 0 aliphatic heterocycles. The lowest BCUT2D eigenvalue weighted by molar-refractivity contribution is 0.0279. The predicted octanol–water partition coefficient (Wildman–Crippen LogP) is 3.80. The molecular formula is C18H15FN2O4. The second-order valence-corrected chi connectivity index (χ2v) is 5.21. The van der Waals surface area contributed by atoms with Gasteiger partial charge in [0, 0.05) is 5.56 Å². The summed E-state index contributed by atoms with van der Waals surface area (Å²) in [6, 6.07) is 13.1. The molecule has 0 aliphatic rings. The van der Waals surface area contributed by atoms with Gasteiger partial charge in [-0.05, 0) is 37.3 Å². The Morgan fingerprint density at radius 1 is 1.16 bits per heavy atom. The molecule has 2 aromatic carbocycles. The van der Waals surface area contributed by atoms with Crippen molar-refractivity contribution in [2.45, 2.75) is 13.0 Å². The van der Waals surface area contributed by atoms with Crippen LogP contribution in [0.15, 0.2) is 52.9 Å². The van der Waals surface area contributed by atoms with E-state index in [0.29, 0.717) is 5.89 Å². The number of methoxy groups -OCH3 is 1. The maximum atomic E-state index is 13.7. The van der Waals surface area contributed by atoms with Gasteiger partial charge in [0.2, 0.25) is 5.89 Å². The molecule has 0 spiro atoms. The van der Waals surface area contributed by atoms with E-state index in [1.54, 1.807) is 6.92 Å². The van der Waals surface area contributed by atoms with E-state index in [1.807, 2.05) is 30.3 Å². The molecule has 0 fully saturated rings. The van der Waals surface area contributed by atoms with Crippen molar-refractivity contribution in [3.63, 3.8) is 0 Å². The Kier molecular flexibility index (Phi) is 4.74. The molecule has 0 bridgehead atoms. The summed E-state index contributed by atoms with van der Waals surface area (Å²) in [4.78, 5) is 12.1. The van der Waals surface area contributed by atoms with E-state index in [-0.39, 0.29) is 17.2 Å². The topological polar surface area (TPSA) is 74.5 Å². The van der Waals surface area contributed by atoms with Gasteiger partial charge in [0.05, 0.1) is 12.7 Å². The molecule has 3 aromatic rings. The van der Waals surface area contributed by atoms with E-state index in [9.17, 15) is 9.18 Å². The number of benzene rings is 2. The van der Waals surface area contributed by atoms with Gasteiger partial charge in [-0.3, -0.25) is 0 Å². The van der Waals surface area contributed by atoms with Crippen LogP contribution < -0.4 is 4.74 Å². The number of carbonyl (C=O) groups is 1. The summed E-state index contributed by atoms with van der Waals surface area (Å²) < 4.78 is 29.3. The fraction of sp³-hybridized carbons (Fsp3) is 0.167. The molecule has 0 saturated heterocycles. The van der Waals surface area contributed by atoms with Gasteiger partial charge < -0.3 is 13.9 Å². The summed E-state index contributed by atoms with van der Waals surface area (Å²) >= 11 is 0. The minimum atomic E-state index is -0.775. The Morgan fingerprint density at radius 3 is 2.60 bits per heavy atom. The molecule has 25 heavy (non-hydrogen) atoms. The molecule has 128 valence electrons. The van der Waals surface area contributed by atoms with Crippen LogP contribution in [-0.4, -0.2) is 23.3 Å². The van der Waals surface area contributed by atoms with Crippen molar-refractivity contribution in [2.24, 2.45) is 0 Å². The second kappa shape index (κ2) is 7.12. The molecule has 0 unspecified atom stereocenters. The minimum Gasteiger partial charge on any atom is -0.494 e. The summed E-state index contributed by atoms with van der Waals surface area (Å²) in [6.07, 6.45) is -0.775. The lowest BCUT2D eigenvalue weighted by Crippen LogP contribution is -2.10. The highest BCUT2D eigenvalue weighted by molar-refractivity contribution is 5.89. The fourth-order valence-electron chi connectivity index (χ4n) is 2.17. The van der Waals surface area contributed by atoms with Crippen LogP contribution in [0.3, 0.4) is 0 Å². The molecule has 1 aromatic heterocycles. The van der Waals surface area contributed by atoms with Crippen LogP contribution in [0.2, 0.25) is 0 Å². The van der Waals surface area contributed by atoms with Crippen LogP contribution in [0, 0.1) is 5.82 Å². The van der Waals surface area contributed by atoms with E-state index in [0.717, 1.165) is 11.6 Å². The van der Waals surface area contributed by atoms with Crippen LogP contribution in [0.5, 0.6) is 5.75 Å². The first-order chi connectivity index (χ1) is 12.1. The number of esters is 1. The molecule has 0 amide bonds. The van der Waals surface area contributed by atoms with E-state index in [4.69, 9.17) is 13.9 Å². The van der Waals surface area contributed by atoms with E-state index in [2.05, 4.69) is 10.2 Å². The summed E-state index contributed by atoms with van der Waals surface area (Å²) in [7, 11) is 1.35. The number of nitrogens with zero attached hydrogens (tertiary/aromatic N) is 2. The van der Waals surface area contributed by atoms with Crippen LogP contribution in [0.25, 0.3) is 11.5 Å². The van der Waals surface area contributed by atoms with E-state index < -0.39 is 17.9 Å². The molecule has 0 aliphatic carbocycles. The van der Waals surface area contributed by atoms with Crippen LogP contribution in [-0.2, 0) is 4.74 Å². The highest BCUT2D eigenvalue weighted by atomic mass is 19.1. The van der Waals surface area contributed by atoms with Crippen molar-refractivity contribution in [1.82, 2.24) is 10.2 Å². The van der Waals surface area contributed by atoms with Gasteiger partial charge in [-0.15, -0.1) is 10.2 Å². The number of hydrogen-bond acceptors (Lipinski definition) is 6. The number of aromatic nitrogens is 2. The average molecular weight is 342 g/mol. The van der Waals surface area contributed by atoms with Crippen molar-refractivity contribution in [1.29, 1.82) is 0 Å². The standard InChI is InChI=1S/C18H15FN2O4/c1-11(16-20-21-17(25-16)12-6-4-3-5-7-12)24-18(22)13-8-9-15(23-2)14(19)10-13/h3-11H,1-2H3/t11-/m0/s1. The van der Waals surface area contributed by atoms with Crippen molar-refractivity contribution < 1.29 is 23.1 Å². The Morgan fingerprint density at radius 2 is 1.92 bits per heavy atom. The van der Waals surface area contributed by atoms with Crippen molar-refractivity contribution in [3.05, 3.63) is 65.8 Å². The van der Waals surface area contributed by atoms with Gasteiger partial charge >= 0.3 is 5.97 Å². The van der Waals surface area contributed by atoms with Gasteiger partial charge in [-0.25, -0.2) is 9.18 Å². The largest absolute Gasteiger partial charge is 0.494 e. The Bertz CT molecular complexity index is 880. The number of ether oxygens (including phenoxy) is 2. The maximum absolute atomic E-state index is 13.7. The number of halogens is 1. The third-order valence-corrected chi connectivity index (χ3v) is 3.48. The number of carbonyl (C=O) groups excluding carboxylic acids is 1. The van der Waals surface area contributed by atoms with Gasteiger partial charge in [0.25, 0.3) is 5.89 Å². The highest BCUT2D eigenvalue weighted by Gasteiger charge is 2.20. The van der Waals surface area contributed by atoms with Crippen molar-refractivity contribution in [2.75, 3.05) is 7.11 Å². The Labute approximate surface area is 143 Å². The second-order valence-electron chi connectivity index (χ2n) is 5.21. The van der Waals surface area contributed by atoms with Crippen molar-refractivity contribution in [3.8, 4) is 17.2 Å². The first kappa shape index (κ1) is 16.6. The summed E-state index contributed by atoms with van der Waals surface area (Å²) in [5.41, 5.74) is 0.824. The number of hydrogen-bond donors (Lipinski definition) is 0. The van der Waals surface area contributed by atoms with Crippen LogP contribution in [0.4, 0.5) is 4.39 Å². The Balaban J connectivity index is 1.72. The number of rotatable bonds is 5. The average Bonchev–Trinajstić information content (AvgIpc) is 3.12. The first-order valence-corrected chi connectivity index (χ1v) is 7.52. The molecule has 1 atom stereocenters. The molecule has 0 radical (unpaired) electrons. The normalized spacial score (nSPS) is 11.8. The highest BCUT2D eigenvalue weighted by Crippen LogP contribution is 2.24. The van der Waals surface area contributed by atoms with Gasteiger partial charge in [0.15, 0.2) is 17.7 Å². The molecule has 7 heteroatoms. The smallest absolute Gasteiger partial charge is 0.339 e. The fourth-order valence-corrected chi connectivity index (χ4v) is 2.17. The first-order valence-electron chi connectivity index (χ1n) is 7.52. The molecule has 6 nitrogen and oxygen atoms in total. The lowest BCUT2D eigenvalue weighted by atomic mass is 10.2. The maximum Gasteiger partial charge on any atom is 0.339 e. The SMILES string of the molecule is COc1ccc(C(=O)O[C@@H](C)c2nnc(-c3ccccc3)o2)cc1F. The summed E-state index contributed by atoms with van der Waals surface area (Å²) in [6.45, 7) is 1.60. The molecular weight excluding hydrogens is 327 g/mol. The zero-order valence-electron chi connectivity index (χ0n) is 13.6. The van der Waals surface area contributed by atoms with Gasteiger partial charge in [-0.2, -0.15) is 0 Å². The monoisotopic (exact) mass is 342 g/mol.